The van der Waals surface area contributed by atoms with Crippen LogP contribution >= 0.6 is 11.3 Å². The van der Waals surface area contributed by atoms with Crippen molar-refractivity contribution >= 4 is 28.2 Å². The molecule has 0 fully saturated rings. The number of thiophene rings is 1. The molecule has 0 saturated carbocycles. The van der Waals surface area contributed by atoms with E-state index in [1.165, 1.54) is 16.2 Å². The molecule has 0 aromatic carbocycles. The lowest BCUT2D eigenvalue weighted by atomic mass is 9.88. The fourth-order valence-electron chi connectivity index (χ4n) is 2.51. The van der Waals surface area contributed by atoms with E-state index in [1.807, 2.05) is 13.8 Å². The predicted octanol–water partition coefficient (Wildman–Crippen LogP) is 3.64. The molecule has 5 heteroatoms. The molecule has 1 aromatic heterocycles. The summed E-state index contributed by atoms with van der Waals surface area (Å²) in [6.07, 6.45) is 2.94. The van der Waals surface area contributed by atoms with E-state index in [0.29, 0.717) is 23.1 Å². The van der Waals surface area contributed by atoms with E-state index in [4.69, 9.17) is 4.74 Å². The van der Waals surface area contributed by atoms with Crippen molar-refractivity contribution < 1.29 is 14.3 Å². The van der Waals surface area contributed by atoms with E-state index in [-0.39, 0.29) is 17.8 Å². The molecule has 1 amide bonds. The van der Waals surface area contributed by atoms with Gasteiger partial charge in [-0.25, -0.2) is 4.79 Å². The second-order valence-electron chi connectivity index (χ2n) is 5.92. The molecular formula is C16H23NO3S. The Labute approximate surface area is 129 Å². The first-order valence-electron chi connectivity index (χ1n) is 7.56. The van der Waals surface area contributed by atoms with Gasteiger partial charge in [0.1, 0.15) is 5.00 Å². The number of rotatable bonds is 4. The van der Waals surface area contributed by atoms with Crippen molar-refractivity contribution in [3.05, 3.63) is 16.0 Å². The van der Waals surface area contributed by atoms with Crippen molar-refractivity contribution in [3.8, 4) is 0 Å². The van der Waals surface area contributed by atoms with Gasteiger partial charge in [-0.1, -0.05) is 20.8 Å². The van der Waals surface area contributed by atoms with Crippen molar-refractivity contribution in [1.29, 1.82) is 0 Å². The molecule has 0 saturated heterocycles. The summed E-state index contributed by atoms with van der Waals surface area (Å²) in [6, 6.07) is 0. The van der Waals surface area contributed by atoms with E-state index in [9.17, 15) is 9.59 Å². The number of ether oxygens (including phenoxy) is 1. The molecule has 2 rings (SSSR count). The molecule has 0 spiro atoms. The summed E-state index contributed by atoms with van der Waals surface area (Å²) in [6.45, 7) is 8.05. The van der Waals surface area contributed by atoms with E-state index in [1.54, 1.807) is 6.92 Å². The Bertz CT molecular complexity index is 548. The molecule has 0 aliphatic heterocycles. The predicted molar refractivity (Wildman–Crippen MR) is 84.9 cm³/mol. The molecule has 1 N–H and O–H groups in total. The Kier molecular flexibility index (Phi) is 5.04. The Morgan fingerprint density at radius 1 is 1.43 bits per heavy atom. The molecule has 1 aliphatic rings. The van der Waals surface area contributed by atoms with Gasteiger partial charge in [0.05, 0.1) is 12.2 Å². The van der Waals surface area contributed by atoms with Gasteiger partial charge in [0.2, 0.25) is 5.91 Å². The minimum absolute atomic E-state index is 0.0628. The molecule has 1 atom stereocenters. The first-order chi connectivity index (χ1) is 9.93. The summed E-state index contributed by atoms with van der Waals surface area (Å²) in [5.41, 5.74) is 1.66. The maximum atomic E-state index is 12.3. The molecular weight excluding hydrogens is 286 g/mol. The van der Waals surface area contributed by atoms with Crippen LogP contribution in [0, 0.1) is 11.8 Å². The zero-order valence-corrected chi connectivity index (χ0v) is 13.9. The Morgan fingerprint density at radius 3 is 2.76 bits per heavy atom. The van der Waals surface area contributed by atoms with E-state index in [0.717, 1.165) is 24.8 Å². The molecule has 116 valence electrons. The number of carbonyl (C=O) groups excluding carboxylic acids is 2. The molecule has 0 unspecified atom stereocenters. The van der Waals surface area contributed by atoms with Crippen LogP contribution in [-0.2, 0) is 22.4 Å². The smallest absolute Gasteiger partial charge is 0.341 e. The van der Waals surface area contributed by atoms with Crippen molar-refractivity contribution in [2.45, 2.75) is 47.0 Å². The zero-order valence-electron chi connectivity index (χ0n) is 13.1. The van der Waals surface area contributed by atoms with Crippen molar-refractivity contribution in [2.24, 2.45) is 11.8 Å². The number of esters is 1. The molecule has 0 bridgehead atoms. The number of hydrogen-bond acceptors (Lipinski definition) is 4. The van der Waals surface area contributed by atoms with Crippen LogP contribution in [0.15, 0.2) is 0 Å². The normalized spacial score (nSPS) is 17.5. The van der Waals surface area contributed by atoms with Gasteiger partial charge in [-0.3, -0.25) is 4.79 Å². The third-order valence-electron chi connectivity index (χ3n) is 3.75. The van der Waals surface area contributed by atoms with Crippen LogP contribution in [0.5, 0.6) is 0 Å². The Balaban J connectivity index is 2.38. The van der Waals surface area contributed by atoms with Gasteiger partial charge >= 0.3 is 5.97 Å². The summed E-state index contributed by atoms with van der Waals surface area (Å²) in [7, 11) is 0. The summed E-state index contributed by atoms with van der Waals surface area (Å²) >= 11 is 1.53. The lowest BCUT2D eigenvalue weighted by Gasteiger charge is -2.18. The SMILES string of the molecule is CCOC(=O)c1c(NC(=O)C(C)C)sc2c1CC[C@@H](C)C2. The first-order valence-corrected chi connectivity index (χ1v) is 8.38. The zero-order chi connectivity index (χ0) is 15.6. The van der Waals surface area contributed by atoms with E-state index >= 15 is 0 Å². The maximum absolute atomic E-state index is 12.3. The molecule has 4 nitrogen and oxygen atoms in total. The quantitative estimate of drug-likeness (QED) is 0.864. The molecule has 1 aliphatic carbocycles. The highest BCUT2D eigenvalue weighted by atomic mass is 32.1. The van der Waals surface area contributed by atoms with Gasteiger partial charge in [0, 0.05) is 10.8 Å². The Morgan fingerprint density at radius 2 is 2.14 bits per heavy atom. The number of amides is 1. The van der Waals surface area contributed by atoms with Crippen LogP contribution in [0.25, 0.3) is 0 Å². The third-order valence-corrected chi connectivity index (χ3v) is 4.92. The third kappa shape index (κ3) is 3.46. The second kappa shape index (κ2) is 6.60. The van der Waals surface area contributed by atoms with Crippen molar-refractivity contribution in [1.82, 2.24) is 0 Å². The summed E-state index contributed by atoms with van der Waals surface area (Å²) in [5.74, 6) is 0.133. The number of fused-ring (bicyclic) bond motifs is 1. The number of hydrogen-bond donors (Lipinski definition) is 1. The highest BCUT2D eigenvalue weighted by Gasteiger charge is 2.29. The number of anilines is 1. The first kappa shape index (κ1) is 16.0. The average Bonchev–Trinajstić information content (AvgIpc) is 2.75. The Hall–Kier alpha value is -1.36. The monoisotopic (exact) mass is 309 g/mol. The average molecular weight is 309 g/mol. The van der Waals surface area contributed by atoms with Crippen LogP contribution < -0.4 is 5.32 Å². The highest BCUT2D eigenvalue weighted by molar-refractivity contribution is 7.17. The van der Waals surface area contributed by atoms with Crippen LogP contribution in [-0.4, -0.2) is 18.5 Å². The lowest BCUT2D eigenvalue weighted by Crippen LogP contribution is -2.19. The van der Waals surface area contributed by atoms with Gasteiger partial charge < -0.3 is 10.1 Å². The lowest BCUT2D eigenvalue weighted by molar-refractivity contribution is -0.118. The second-order valence-corrected chi connectivity index (χ2v) is 7.03. The minimum atomic E-state index is -0.316. The van der Waals surface area contributed by atoms with Crippen LogP contribution in [0.4, 0.5) is 5.00 Å². The summed E-state index contributed by atoms with van der Waals surface area (Å²) in [5, 5.41) is 3.56. The van der Waals surface area contributed by atoms with Gasteiger partial charge in [-0.2, -0.15) is 0 Å². The molecule has 21 heavy (non-hydrogen) atoms. The van der Waals surface area contributed by atoms with E-state index < -0.39 is 0 Å². The molecule has 0 radical (unpaired) electrons. The molecule has 1 heterocycles. The minimum Gasteiger partial charge on any atom is -0.462 e. The fourth-order valence-corrected chi connectivity index (χ4v) is 3.92. The van der Waals surface area contributed by atoms with Crippen molar-refractivity contribution in [3.63, 3.8) is 0 Å². The van der Waals surface area contributed by atoms with Gasteiger partial charge in [-0.15, -0.1) is 11.3 Å². The van der Waals surface area contributed by atoms with Crippen molar-refractivity contribution in [2.75, 3.05) is 11.9 Å². The van der Waals surface area contributed by atoms with Crippen LogP contribution in [0.2, 0.25) is 0 Å². The summed E-state index contributed by atoms with van der Waals surface area (Å²) in [4.78, 5) is 25.4. The topological polar surface area (TPSA) is 55.4 Å². The summed E-state index contributed by atoms with van der Waals surface area (Å²) < 4.78 is 5.18. The fraction of sp³-hybridized carbons (Fsp3) is 0.625. The van der Waals surface area contributed by atoms with Gasteiger partial charge in [0.25, 0.3) is 0 Å². The van der Waals surface area contributed by atoms with Crippen LogP contribution in [0.1, 0.15) is 54.9 Å². The standard InChI is InChI=1S/C16H23NO3S/c1-5-20-16(19)13-11-7-6-10(4)8-12(11)21-15(13)17-14(18)9(2)3/h9-10H,5-8H2,1-4H3,(H,17,18)/t10-/m1/s1. The number of nitrogens with one attached hydrogen (secondary N) is 1. The van der Waals surface area contributed by atoms with Crippen LogP contribution in [0.3, 0.4) is 0 Å². The van der Waals surface area contributed by atoms with Gasteiger partial charge in [0.15, 0.2) is 0 Å². The van der Waals surface area contributed by atoms with Gasteiger partial charge in [-0.05, 0) is 37.7 Å². The van der Waals surface area contributed by atoms with E-state index in [2.05, 4.69) is 12.2 Å². The maximum Gasteiger partial charge on any atom is 0.341 e. The number of carbonyl (C=O) groups is 2. The largest absolute Gasteiger partial charge is 0.462 e. The molecule has 1 aromatic rings. The highest BCUT2D eigenvalue weighted by Crippen LogP contribution is 2.40.